The molecule has 0 spiro atoms. The number of H-pyrrole nitrogens is 1. The quantitative estimate of drug-likeness (QED) is 0.758. The molecule has 2 heterocycles. The number of hydrogen-bond donors (Lipinski definition) is 2. The van der Waals surface area contributed by atoms with E-state index >= 15 is 0 Å². The van der Waals surface area contributed by atoms with E-state index in [0.717, 1.165) is 40.8 Å². The topological polar surface area (TPSA) is 66.0 Å². The lowest BCUT2D eigenvalue weighted by Crippen LogP contribution is -2.03. The van der Waals surface area contributed by atoms with Crippen LogP contribution in [0.1, 0.15) is 21.6 Å². The highest BCUT2D eigenvalue weighted by Crippen LogP contribution is 2.40. The number of aryl methyl sites for hydroxylation is 1. The van der Waals surface area contributed by atoms with E-state index in [1.54, 1.807) is 12.4 Å². The van der Waals surface area contributed by atoms with Gasteiger partial charge in [0.1, 0.15) is 5.69 Å². The van der Waals surface area contributed by atoms with Crippen molar-refractivity contribution in [3.63, 3.8) is 0 Å². The predicted octanol–water partition coefficient (Wildman–Crippen LogP) is 3.54. The minimum atomic E-state index is -0.932. The zero-order chi connectivity index (χ0) is 15.1. The molecular weight excluding hydrogens is 276 g/mol. The van der Waals surface area contributed by atoms with E-state index in [0.29, 0.717) is 0 Å². The Morgan fingerprint density at radius 3 is 2.64 bits per heavy atom. The second-order valence-corrected chi connectivity index (χ2v) is 5.43. The summed E-state index contributed by atoms with van der Waals surface area (Å²) in [4.78, 5) is 18.8. The number of nitrogens with zero attached hydrogens (tertiary/aromatic N) is 1. The largest absolute Gasteiger partial charge is 0.477 e. The van der Waals surface area contributed by atoms with Gasteiger partial charge in [-0.15, -0.1) is 0 Å². The Balaban J connectivity index is 2.01. The number of aromatic nitrogens is 2. The van der Waals surface area contributed by atoms with E-state index < -0.39 is 5.97 Å². The number of carboxylic acid groups (broad SMARTS) is 1. The number of pyridine rings is 1. The van der Waals surface area contributed by atoms with Crippen LogP contribution in [0.5, 0.6) is 0 Å². The zero-order valence-electron chi connectivity index (χ0n) is 11.8. The first-order valence-corrected chi connectivity index (χ1v) is 7.22. The van der Waals surface area contributed by atoms with Crippen LogP contribution in [0.4, 0.5) is 0 Å². The number of aromatic carboxylic acids is 1. The number of aromatic amines is 1. The molecule has 0 saturated heterocycles. The van der Waals surface area contributed by atoms with Crippen LogP contribution in [0.2, 0.25) is 0 Å². The van der Waals surface area contributed by atoms with Gasteiger partial charge in [-0.3, -0.25) is 4.98 Å². The van der Waals surface area contributed by atoms with Crippen LogP contribution in [-0.2, 0) is 12.8 Å². The van der Waals surface area contributed by atoms with E-state index in [9.17, 15) is 9.90 Å². The summed E-state index contributed by atoms with van der Waals surface area (Å²) in [6.07, 6.45) is 5.15. The van der Waals surface area contributed by atoms with E-state index in [1.807, 2.05) is 30.3 Å². The van der Waals surface area contributed by atoms with Crippen molar-refractivity contribution in [1.29, 1.82) is 0 Å². The van der Waals surface area contributed by atoms with Gasteiger partial charge in [0, 0.05) is 23.5 Å². The molecule has 22 heavy (non-hydrogen) atoms. The fraction of sp³-hybridized carbons (Fsp3) is 0.111. The van der Waals surface area contributed by atoms with Crippen molar-refractivity contribution in [1.82, 2.24) is 9.97 Å². The van der Waals surface area contributed by atoms with Crippen LogP contribution in [0.25, 0.3) is 22.4 Å². The van der Waals surface area contributed by atoms with Crippen LogP contribution in [-0.4, -0.2) is 21.0 Å². The second-order valence-electron chi connectivity index (χ2n) is 5.43. The average molecular weight is 290 g/mol. The SMILES string of the molecule is O=C(O)c1[nH]c2c(c1-c1ccncc1)CCc1ccccc1-2. The Labute approximate surface area is 127 Å². The van der Waals surface area contributed by atoms with E-state index in [-0.39, 0.29) is 5.69 Å². The molecule has 1 aromatic carbocycles. The van der Waals surface area contributed by atoms with Gasteiger partial charge < -0.3 is 10.1 Å². The predicted molar refractivity (Wildman–Crippen MR) is 83.8 cm³/mol. The fourth-order valence-corrected chi connectivity index (χ4v) is 3.26. The van der Waals surface area contributed by atoms with Crippen molar-refractivity contribution < 1.29 is 9.90 Å². The monoisotopic (exact) mass is 290 g/mol. The first-order chi connectivity index (χ1) is 10.8. The summed E-state index contributed by atoms with van der Waals surface area (Å²) < 4.78 is 0. The number of rotatable bonds is 2. The van der Waals surface area contributed by atoms with Crippen LogP contribution in [0.15, 0.2) is 48.8 Å². The van der Waals surface area contributed by atoms with E-state index in [4.69, 9.17) is 0 Å². The van der Waals surface area contributed by atoms with Crippen molar-refractivity contribution in [3.8, 4) is 22.4 Å². The molecule has 2 N–H and O–H groups in total. The second kappa shape index (κ2) is 4.84. The minimum absolute atomic E-state index is 0.257. The maximum Gasteiger partial charge on any atom is 0.352 e. The molecule has 1 aliphatic carbocycles. The third-order valence-corrected chi connectivity index (χ3v) is 4.22. The Hall–Kier alpha value is -2.88. The molecule has 0 fully saturated rings. The third-order valence-electron chi connectivity index (χ3n) is 4.22. The number of hydrogen-bond acceptors (Lipinski definition) is 2. The minimum Gasteiger partial charge on any atom is -0.477 e. The molecular formula is C18H14N2O2. The molecule has 0 radical (unpaired) electrons. The molecule has 0 amide bonds. The molecule has 108 valence electrons. The zero-order valence-corrected chi connectivity index (χ0v) is 11.8. The van der Waals surface area contributed by atoms with Crippen molar-refractivity contribution in [2.45, 2.75) is 12.8 Å². The molecule has 0 atom stereocenters. The summed E-state index contributed by atoms with van der Waals surface area (Å²) >= 11 is 0. The number of nitrogens with one attached hydrogen (secondary N) is 1. The lowest BCUT2D eigenvalue weighted by Gasteiger charge is -2.17. The summed E-state index contributed by atoms with van der Waals surface area (Å²) in [6, 6.07) is 11.9. The van der Waals surface area contributed by atoms with Gasteiger partial charge in [-0.25, -0.2) is 4.79 Å². The maximum absolute atomic E-state index is 11.7. The summed E-state index contributed by atoms with van der Waals surface area (Å²) in [5.74, 6) is -0.932. The molecule has 0 bridgehead atoms. The first-order valence-electron chi connectivity index (χ1n) is 7.22. The third kappa shape index (κ3) is 1.84. The van der Waals surface area contributed by atoms with Crippen molar-refractivity contribution in [3.05, 3.63) is 65.6 Å². The molecule has 0 saturated carbocycles. The highest BCUT2D eigenvalue weighted by atomic mass is 16.4. The van der Waals surface area contributed by atoms with E-state index in [1.165, 1.54) is 5.56 Å². The van der Waals surface area contributed by atoms with Gasteiger partial charge in [0.25, 0.3) is 0 Å². The van der Waals surface area contributed by atoms with Crippen LogP contribution in [0.3, 0.4) is 0 Å². The molecule has 4 nitrogen and oxygen atoms in total. The van der Waals surface area contributed by atoms with Gasteiger partial charge in [-0.2, -0.15) is 0 Å². The van der Waals surface area contributed by atoms with Gasteiger partial charge in [-0.1, -0.05) is 24.3 Å². The molecule has 0 unspecified atom stereocenters. The Kier molecular flexibility index (Phi) is 2.82. The number of carboxylic acids is 1. The van der Waals surface area contributed by atoms with Crippen molar-refractivity contribution in [2.24, 2.45) is 0 Å². The van der Waals surface area contributed by atoms with Gasteiger partial charge in [0.05, 0.1) is 5.69 Å². The summed E-state index contributed by atoms with van der Waals surface area (Å²) in [5, 5.41) is 9.58. The lowest BCUT2D eigenvalue weighted by atomic mass is 9.87. The fourth-order valence-electron chi connectivity index (χ4n) is 3.26. The van der Waals surface area contributed by atoms with Gasteiger partial charge >= 0.3 is 5.97 Å². The van der Waals surface area contributed by atoms with Crippen LogP contribution < -0.4 is 0 Å². The molecule has 4 rings (SSSR count). The number of carbonyl (C=O) groups is 1. The normalized spacial score (nSPS) is 12.5. The molecule has 2 aromatic heterocycles. The van der Waals surface area contributed by atoms with Gasteiger partial charge in [0.2, 0.25) is 0 Å². The molecule has 1 aliphatic rings. The Morgan fingerprint density at radius 1 is 1.09 bits per heavy atom. The standard InChI is InChI=1S/C18H14N2O2/c21-18(22)17-15(12-7-9-19-10-8-12)14-6-5-11-3-1-2-4-13(11)16(14)20-17/h1-4,7-10,20H,5-6H2,(H,21,22). The number of benzene rings is 1. The Morgan fingerprint density at radius 2 is 1.86 bits per heavy atom. The maximum atomic E-state index is 11.7. The van der Waals surface area contributed by atoms with Gasteiger partial charge in [0.15, 0.2) is 0 Å². The molecule has 0 aliphatic heterocycles. The van der Waals surface area contributed by atoms with Crippen molar-refractivity contribution >= 4 is 5.97 Å². The highest BCUT2D eigenvalue weighted by molar-refractivity contribution is 5.98. The van der Waals surface area contributed by atoms with Crippen LogP contribution in [0, 0.1) is 0 Å². The van der Waals surface area contributed by atoms with Crippen LogP contribution >= 0.6 is 0 Å². The molecule has 4 heteroatoms. The van der Waals surface area contributed by atoms with Gasteiger partial charge in [-0.05, 0) is 41.7 Å². The summed E-state index contributed by atoms with van der Waals surface area (Å²) in [6.45, 7) is 0. The summed E-state index contributed by atoms with van der Waals surface area (Å²) in [7, 11) is 0. The summed E-state index contributed by atoms with van der Waals surface area (Å²) in [5.41, 5.74) is 6.32. The van der Waals surface area contributed by atoms with Crippen molar-refractivity contribution in [2.75, 3.05) is 0 Å². The lowest BCUT2D eigenvalue weighted by molar-refractivity contribution is 0.0692. The molecule has 3 aromatic rings. The Bertz CT molecular complexity index is 866. The average Bonchev–Trinajstić information content (AvgIpc) is 2.96. The first kappa shape index (κ1) is 12.8. The highest BCUT2D eigenvalue weighted by Gasteiger charge is 2.27. The number of fused-ring (bicyclic) bond motifs is 3. The smallest absolute Gasteiger partial charge is 0.352 e. The van der Waals surface area contributed by atoms with E-state index in [2.05, 4.69) is 16.0 Å².